The Morgan fingerprint density at radius 3 is 2.38 bits per heavy atom. The molecule has 3 fully saturated rings. The van der Waals surface area contributed by atoms with Gasteiger partial charge in [-0.2, -0.15) is 18.2 Å². The summed E-state index contributed by atoms with van der Waals surface area (Å²) in [4.78, 5) is 63.8. The van der Waals surface area contributed by atoms with E-state index in [4.69, 9.17) is 23.2 Å². The van der Waals surface area contributed by atoms with E-state index >= 15 is 4.79 Å². The molecule has 9 nitrogen and oxygen atoms in total. The van der Waals surface area contributed by atoms with Crippen molar-refractivity contribution in [3.63, 3.8) is 0 Å². The molecule has 2 aliphatic carbocycles. The van der Waals surface area contributed by atoms with Gasteiger partial charge in [0, 0.05) is 27.6 Å². The van der Waals surface area contributed by atoms with E-state index in [1.54, 1.807) is 42.5 Å². The molecule has 4 aliphatic rings. The predicted molar refractivity (Wildman–Crippen MR) is 185 cm³/mol. The van der Waals surface area contributed by atoms with Gasteiger partial charge >= 0.3 is 6.18 Å². The molecule has 52 heavy (non-hydrogen) atoms. The van der Waals surface area contributed by atoms with Crippen LogP contribution >= 0.6 is 34.5 Å². The van der Waals surface area contributed by atoms with E-state index in [0.717, 1.165) is 4.88 Å². The molecule has 8 rings (SSSR count). The topological polar surface area (TPSA) is 120 Å². The highest BCUT2D eigenvalue weighted by Crippen LogP contribution is 2.65. The summed E-state index contributed by atoms with van der Waals surface area (Å²) in [5, 5.41) is 13.9. The fraction of sp³-hybridized carbons (Fsp3) is 0.270. The van der Waals surface area contributed by atoms with Gasteiger partial charge in [0.15, 0.2) is 5.82 Å². The van der Waals surface area contributed by atoms with Crippen molar-refractivity contribution in [1.29, 1.82) is 0 Å². The van der Waals surface area contributed by atoms with Crippen LogP contribution < -0.4 is 5.43 Å². The van der Waals surface area contributed by atoms with Crippen LogP contribution in [0.3, 0.4) is 0 Å². The zero-order valence-corrected chi connectivity index (χ0v) is 29.1. The minimum atomic E-state index is -4.74. The maximum Gasteiger partial charge on any atom is 0.417 e. The zero-order chi connectivity index (χ0) is 36.7. The number of aromatic nitrogens is 1. The van der Waals surface area contributed by atoms with E-state index in [1.807, 2.05) is 23.6 Å². The van der Waals surface area contributed by atoms with Crippen LogP contribution in [0.15, 0.2) is 90.0 Å². The second kappa shape index (κ2) is 12.5. The van der Waals surface area contributed by atoms with Crippen LogP contribution in [0.1, 0.15) is 40.3 Å². The Bertz CT molecular complexity index is 2180. The highest BCUT2D eigenvalue weighted by molar-refractivity contribution is 7.09. The Labute approximate surface area is 308 Å². The number of likely N-dealkylation sites (tertiary alicyclic amines) is 1. The van der Waals surface area contributed by atoms with Crippen LogP contribution in [0.4, 0.5) is 19.0 Å². The van der Waals surface area contributed by atoms with Gasteiger partial charge in [0.05, 0.1) is 40.3 Å². The first-order valence-electron chi connectivity index (χ1n) is 16.3. The maximum absolute atomic E-state index is 15.2. The van der Waals surface area contributed by atoms with Crippen LogP contribution in [0.5, 0.6) is 5.75 Å². The van der Waals surface area contributed by atoms with Crippen molar-refractivity contribution in [2.75, 3.05) is 5.43 Å². The SMILES string of the molecule is O=C1C2CC=C3C(CC4C(=O)N(Nc5ncc(C(F)(F)F)cc5Cl)C(=O)C4(c4ccc(Cl)cc4)C3c3ccccc3O)C2C(=O)N1Cc1cccs1. The van der Waals surface area contributed by atoms with E-state index in [2.05, 4.69) is 10.4 Å². The number of hydrogen-bond donors (Lipinski definition) is 2. The Hall–Kier alpha value is -4.72. The number of fused-ring (bicyclic) bond motifs is 4. The zero-order valence-electron chi connectivity index (χ0n) is 26.8. The molecule has 6 unspecified atom stereocenters. The van der Waals surface area contributed by atoms with Crippen molar-refractivity contribution in [3.05, 3.63) is 122 Å². The van der Waals surface area contributed by atoms with Crippen LogP contribution in [-0.2, 0) is 37.3 Å². The number of rotatable bonds is 6. The largest absolute Gasteiger partial charge is 0.508 e. The average Bonchev–Trinajstić information content (AvgIpc) is 3.77. The lowest BCUT2D eigenvalue weighted by atomic mass is 9.49. The number of nitrogens with zero attached hydrogens (tertiary/aromatic N) is 3. The second-order valence-corrected chi connectivity index (χ2v) is 15.2. The lowest BCUT2D eigenvalue weighted by Crippen LogP contribution is -2.53. The molecule has 4 amide bonds. The Kier molecular flexibility index (Phi) is 8.23. The average molecular weight is 768 g/mol. The molecule has 6 atom stereocenters. The number of anilines is 1. The lowest BCUT2D eigenvalue weighted by molar-refractivity contribution is -0.142. The second-order valence-electron chi connectivity index (χ2n) is 13.3. The number of carbonyl (C=O) groups excluding carboxylic acids is 4. The summed E-state index contributed by atoms with van der Waals surface area (Å²) in [5.41, 5.74) is 1.06. The molecule has 0 radical (unpaired) electrons. The molecule has 1 saturated carbocycles. The first kappa shape index (κ1) is 34.4. The summed E-state index contributed by atoms with van der Waals surface area (Å²) in [6.45, 7) is 0.113. The van der Waals surface area contributed by atoms with Crippen molar-refractivity contribution >= 4 is 64.0 Å². The molecule has 2 N–H and O–H groups in total. The molecule has 4 heterocycles. The minimum Gasteiger partial charge on any atom is -0.508 e. The number of pyridine rings is 1. The van der Waals surface area contributed by atoms with Gasteiger partial charge in [0.1, 0.15) is 5.75 Å². The predicted octanol–water partition coefficient (Wildman–Crippen LogP) is 7.36. The number of benzene rings is 2. The maximum atomic E-state index is 15.2. The summed E-state index contributed by atoms with van der Waals surface area (Å²) in [5.74, 6) is -7.12. The van der Waals surface area contributed by atoms with Gasteiger partial charge in [0.25, 0.3) is 11.8 Å². The summed E-state index contributed by atoms with van der Waals surface area (Å²) < 4.78 is 40.3. The fourth-order valence-corrected chi connectivity index (χ4v) is 9.67. The molecule has 2 saturated heterocycles. The van der Waals surface area contributed by atoms with Gasteiger partial charge in [-0.3, -0.25) is 29.5 Å². The summed E-state index contributed by atoms with van der Waals surface area (Å²) in [7, 11) is 0. The quantitative estimate of drug-likeness (QED) is 0.156. The van der Waals surface area contributed by atoms with Crippen LogP contribution in [0, 0.1) is 23.7 Å². The highest BCUT2D eigenvalue weighted by atomic mass is 35.5. The van der Waals surface area contributed by atoms with Crippen molar-refractivity contribution in [1.82, 2.24) is 14.9 Å². The number of phenolic OH excluding ortho intramolecular Hbond substituents is 1. The van der Waals surface area contributed by atoms with Crippen LogP contribution in [0.25, 0.3) is 0 Å². The molecule has 4 aromatic rings. The summed E-state index contributed by atoms with van der Waals surface area (Å²) in [6, 6.07) is 17.1. The van der Waals surface area contributed by atoms with Gasteiger partial charge in [-0.15, -0.1) is 11.3 Å². The lowest BCUT2D eigenvalue weighted by Gasteiger charge is -2.50. The van der Waals surface area contributed by atoms with Crippen molar-refractivity contribution in [2.45, 2.75) is 36.9 Å². The third-order valence-corrected chi connectivity index (χ3v) is 12.2. The molecular formula is C37H27Cl2F3N4O5S. The molecule has 0 spiro atoms. The molecule has 15 heteroatoms. The number of allylic oxidation sites excluding steroid dienone is 2. The van der Waals surface area contributed by atoms with Crippen molar-refractivity contribution in [2.24, 2.45) is 23.7 Å². The fourth-order valence-electron chi connectivity index (χ4n) is 8.64. The number of carbonyl (C=O) groups is 4. The van der Waals surface area contributed by atoms with Crippen LogP contribution in [-0.4, -0.2) is 43.6 Å². The summed E-state index contributed by atoms with van der Waals surface area (Å²) in [6.07, 6.45) is -2.17. The van der Waals surface area contributed by atoms with E-state index < -0.39 is 63.6 Å². The smallest absolute Gasteiger partial charge is 0.417 e. The van der Waals surface area contributed by atoms with E-state index in [0.29, 0.717) is 39.0 Å². The third-order valence-electron chi connectivity index (χ3n) is 10.8. The Morgan fingerprint density at radius 2 is 1.71 bits per heavy atom. The molecule has 0 bridgehead atoms. The van der Waals surface area contributed by atoms with Gasteiger partial charge in [0.2, 0.25) is 11.8 Å². The number of phenols is 1. The van der Waals surface area contributed by atoms with Crippen molar-refractivity contribution in [3.8, 4) is 5.75 Å². The monoisotopic (exact) mass is 766 g/mol. The number of imide groups is 2. The summed E-state index contributed by atoms with van der Waals surface area (Å²) >= 11 is 13.9. The van der Waals surface area contributed by atoms with Crippen LogP contribution in [0.2, 0.25) is 10.0 Å². The number of hydrogen-bond acceptors (Lipinski definition) is 8. The first-order valence-corrected chi connectivity index (χ1v) is 17.9. The Morgan fingerprint density at radius 1 is 0.962 bits per heavy atom. The van der Waals surface area contributed by atoms with Gasteiger partial charge in [-0.1, -0.05) is 71.2 Å². The number of hydrazine groups is 1. The number of alkyl halides is 3. The number of para-hydroxylation sites is 1. The number of nitrogens with one attached hydrogen (secondary N) is 1. The standard InChI is InChI=1S/C37H27Cl2F3N4O5S/c38-20-9-7-18(8-10-20)36-26(33(49)46(35(36)51)44-31-27(39)14-19(16-43-31)37(40,41)42)15-25-22(30(36)23-5-1-2-6-28(23)47)11-12-24-29(25)34(50)45(32(24)48)17-21-4-3-13-52-21/h1-11,13-14,16,24-26,29-30,47H,12,15,17H2,(H,43,44). The molecule has 2 aromatic carbocycles. The minimum absolute atomic E-state index is 0.0253. The van der Waals surface area contributed by atoms with E-state index in [9.17, 15) is 32.7 Å². The molecule has 2 aliphatic heterocycles. The number of amides is 4. The normalized spacial score (nSPS) is 27.0. The third kappa shape index (κ3) is 5.15. The number of thiophene rings is 1. The molecule has 266 valence electrons. The van der Waals surface area contributed by atoms with Crippen molar-refractivity contribution < 1.29 is 37.5 Å². The Balaban J connectivity index is 1.29. The van der Waals surface area contributed by atoms with E-state index in [1.165, 1.54) is 22.3 Å². The number of halogens is 5. The van der Waals surface area contributed by atoms with E-state index in [-0.39, 0.29) is 42.8 Å². The van der Waals surface area contributed by atoms with Gasteiger partial charge < -0.3 is 5.11 Å². The van der Waals surface area contributed by atoms with Gasteiger partial charge in [-0.25, -0.2) is 4.98 Å². The first-order chi connectivity index (χ1) is 24.8. The van der Waals surface area contributed by atoms with Gasteiger partial charge in [-0.05, 0) is 60.0 Å². The molecule has 2 aromatic heterocycles. The number of aromatic hydroxyl groups is 1. The highest BCUT2D eigenvalue weighted by Gasteiger charge is 2.70. The molecular weight excluding hydrogens is 740 g/mol.